The Hall–Kier alpha value is -0.120. The van der Waals surface area contributed by atoms with Crippen LogP contribution in [0.3, 0.4) is 0 Å². The van der Waals surface area contributed by atoms with Crippen molar-refractivity contribution in [3.63, 3.8) is 0 Å². The Morgan fingerprint density at radius 3 is 2.41 bits per heavy atom. The molecule has 0 N–H and O–H groups in total. The predicted octanol–water partition coefficient (Wildman–Crippen LogP) is 2.77. The Kier molecular flexibility index (Phi) is 3.81. The summed E-state index contributed by atoms with van der Waals surface area (Å²) in [4.78, 5) is 0. The molecule has 2 aliphatic rings. The third-order valence-electron chi connectivity index (χ3n) is 3.46. The van der Waals surface area contributed by atoms with Crippen molar-refractivity contribution >= 4 is 0 Å². The Labute approximate surface area is 105 Å². The van der Waals surface area contributed by atoms with Gasteiger partial charge in [0.2, 0.25) is 0 Å². The number of ether oxygens (including phenoxy) is 3. The average Bonchev–Trinajstić information content (AvgIpc) is 2.68. The van der Waals surface area contributed by atoms with Gasteiger partial charge < -0.3 is 14.2 Å². The first-order chi connectivity index (χ1) is 7.87. The van der Waals surface area contributed by atoms with Crippen LogP contribution in [0.1, 0.15) is 47.5 Å². The highest BCUT2D eigenvalue weighted by Crippen LogP contribution is 2.40. The Bertz CT molecular complexity index is 257. The summed E-state index contributed by atoms with van der Waals surface area (Å²) in [6, 6.07) is 0. The molecule has 17 heavy (non-hydrogen) atoms. The summed E-state index contributed by atoms with van der Waals surface area (Å²) < 4.78 is 17.9. The summed E-state index contributed by atoms with van der Waals surface area (Å²) in [5.41, 5.74) is -0.0834. The van der Waals surface area contributed by atoms with E-state index >= 15 is 0 Å². The monoisotopic (exact) mass is 242 g/mol. The number of hydrogen-bond donors (Lipinski definition) is 0. The molecule has 1 saturated heterocycles. The van der Waals surface area contributed by atoms with Crippen molar-refractivity contribution in [1.82, 2.24) is 0 Å². The van der Waals surface area contributed by atoms with Crippen molar-refractivity contribution in [2.75, 3.05) is 6.61 Å². The zero-order valence-electron chi connectivity index (χ0n) is 11.7. The van der Waals surface area contributed by atoms with E-state index in [4.69, 9.17) is 14.2 Å². The van der Waals surface area contributed by atoms with Crippen LogP contribution in [0, 0.1) is 5.92 Å². The van der Waals surface area contributed by atoms with Crippen LogP contribution in [0.2, 0.25) is 0 Å². The second kappa shape index (κ2) is 4.87. The highest BCUT2D eigenvalue weighted by molar-refractivity contribution is 4.96. The summed E-state index contributed by atoms with van der Waals surface area (Å²) in [5, 5.41) is 0. The zero-order valence-corrected chi connectivity index (χ0v) is 11.7. The van der Waals surface area contributed by atoms with Crippen molar-refractivity contribution in [2.24, 2.45) is 5.92 Å². The number of rotatable bonds is 3. The first-order valence-corrected chi connectivity index (χ1v) is 6.82. The maximum absolute atomic E-state index is 6.09. The van der Waals surface area contributed by atoms with E-state index in [9.17, 15) is 0 Å². The predicted molar refractivity (Wildman–Crippen MR) is 67.1 cm³/mol. The van der Waals surface area contributed by atoms with Crippen LogP contribution in [0.15, 0.2) is 0 Å². The van der Waals surface area contributed by atoms with Gasteiger partial charge in [-0.3, -0.25) is 0 Å². The Morgan fingerprint density at radius 1 is 1.12 bits per heavy atom. The summed E-state index contributed by atoms with van der Waals surface area (Å²) in [7, 11) is 0. The largest absolute Gasteiger partial charge is 0.373 e. The molecule has 0 amide bonds. The Morgan fingerprint density at radius 2 is 1.82 bits per heavy atom. The topological polar surface area (TPSA) is 27.7 Å². The molecule has 100 valence electrons. The van der Waals surface area contributed by atoms with Crippen LogP contribution in [0.5, 0.6) is 0 Å². The summed E-state index contributed by atoms with van der Waals surface area (Å²) in [5.74, 6) is 0.526. The maximum Gasteiger partial charge on any atom is 0.0891 e. The maximum atomic E-state index is 6.09. The van der Waals surface area contributed by atoms with Gasteiger partial charge in [-0.15, -0.1) is 0 Å². The van der Waals surface area contributed by atoms with Gasteiger partial charge in [0, 0.05) is 5.92 Å². The van der Waals surface area contributed by atoms with Crippen molar-refractivity contribution in [1.29, 1.82) is 0 Å². The number of fused-ring (bicyclic) bond motifs is 1. The molecule has 3 heteroatoms. The fourth-order valence-corrected chi connectivity index (χ4v) is 2.99. The van der Waals surface area contributed by atoms with E-state index in [1.165, 1.54) is 6.42 Å². The molecule has 4 atom stereocenters. The van der Waals surface area contributed by atoms with Crippen LogP contribution >= 0.6 is 0 Å². The lowest BCUT2D eigenvalue weighted by Crippen LogP contribution is -2.34. The van der Waals surface area contributed by atoms with E-state index in [-0.39, 0.29) is 30.0 Å². The molecule has 0 unspecified atom stereocenters. The highest BCUT2D eigenvalue weighted by atomic mass is 16.6. The summed E-state index contributed by atoms with van der Waals surface area (Å²) in [6.07, 6.45) is 3.34. The molecule has 1 aliphatic heterocycles. The van der Waals surface area contributed by atoms with Crippen LogP contribution < -0.4 is 0 Å². The molecular weight excluding hydrogens is 216 g/mol. The average molecular weight is 242 g/mol. The van der Waals surface area contributed by atoms with Crippen LogP contribution in [-0.4, -0.2) is 36.6 Å². The highest BCUT2D eigenvalue weighted by Gasteiger charge is 2.48. The molecule has 3 nitrogen and oxygen atoms in total. The third-order valence-corrected chi connectivity index (χ3v) is 3.46. The first kappa shape index (κ1) is 13.3. The fourth-order valence-electron chi connectivity index (χ4n) is 2.99. The van der Waals surface area contributed by atoms with Gasteiger partial charge in [0.1, 0.15) is 0 Å². The number of hydrogen-bond acceptors (Lipinski definition) is 3. The Balaban J connectivity index is 1.92. The van der Waals surface area contributed by atoms with E-state index < -0.39 is 0 Å². The molecule has 1 aliphatic carbocycles. The molecule has 0 spiro atoms. The van der Waals surface area contributed by atoms with Gasteiger partial charge in [-0.25, -0.2) is 0 Å². The standard InChI is InChI=1S/C14H26O3/c1-9(2)16-11-7-6-10-12(8-15-13(10)11)17-14(3,4)5/h9-13H,6-8H2,1-5H3/t10-,11+,12+,13+/m1/s1. The molecule has 2 rings (SSSR count). The lowest BCUT2D eigenvalue weighted by atomic mass is 10.0. The van der Waals surface area contributed by atoms with Gasteiger partial charge in [-0.05, 0) is 47.5 Å². The van der Waals surface area contributed by atoms with E-state index in [0.29, 0.717) is 5.92 Å². The molecule has 1 saturated carbocycles. The molecule has 2 fully saturated rings. The second-order valence-corrected chi connectivity index (χ2v) is 6.53. The van der Waals surface area contributed by atoms with Crippen LogP contribution in [0.25, 0.3) is 0 Å². The summed E-state index contributed by atoms with van der Waals surface area (Å²) in [6.45, 7) is 11.2. The van der Waals surface area contributed by atoms with Crippen LogP contribution in [-0.2, 0) is 14.2 Å². The molecule has 0 aromatic carbocycles. The summed E-state index contributed by atoms with van der Waals surface area (Å²) >= 11 is 0. The molecule has 0 aromatic rings. The lowest BCUT2D eigenvalue weighted by molar-refractivity contribution is -0.0780. The zero-order chi connectivity index (χ0) is 12.6. The molecule has 0 aromatic heterocycles. The minimum Gasteiger partial charge on any atom is -0.373 e. The minimum absolute atomic E-state index is 0.0834. The minimum atomic E-state index is -0.0834. The van der Waals surface area contributed by atoms with Gasteiger partial charge in [0.15, 0.2) is 0 Å². The van der Waals surface area contributed by atoms with Crippen molar-refractivity contribution < 1.29 is 14.2 Å². The lowest BCUT2D eigenvalue weighted by Gasteiger charge is -2.27. The van der Waals surface area contributed by atoms with E-state index in [1.54, 1.807) is 0 Å². The first-order valence-electron chi connectivity index (χ1n) is 6.82. The van der Waals surface area contributed by atoms with Gasteiger partial charge in [0.25, 0.3) is 0 Å². The quantitative estimate of drug-likeness (QED) is 0.761. The SMILES string of the molecule is CC(C)O[C@H]1CC[C@H]2[C@@H]1OC[C@@H]2OC(C)(C)C. The van der Waals surface area contributed by atoms with E-state index in [2.05, 4.69) is 34.6 Å². The fraction of sp³-hybridized carbons (Fsp3) is 1.00. The normalized spacial score (nSPS) is 37.8. The van der Waals surface area contributed by atoms with E-state index in [1.807, 2.05) is 0 Å². The molecule has 0 bridgehead atoms. The smallest absolute Gasteiger partial charge is 0.0891 e. The van der Waals surface area contributed by atoms with Gasteiger partial charge in [-0.2, -0.15) is 0 Å². The van der Waals surface area contributed by atoms with Gasteiger partial charge in [-0.1, -0.05) is 0 Å². The van der Waals surface area contributed by atoms with Crippen molar-refractivity contribution in [2.45, 2.75) is 77.5 Å². The van der Waals surface area contributed by atoms with Crippen molar-refractivity contribution in [3.8, 4) is 0 Å². The van der Waals surface area contributed by atoms with Crippen molar-refractivity contribution in [3.05, 3.63) is 0 Å². The van der Waals surface area contributed by atoms with Gasteiger partial charge in [0.05, 0.1) is 36.6 Å². The van der Waals surface area contributed by atoms with Crippen LogP contribution in [0.4, 0.5) is 0 Å². The van der Waals surface area contributed by atoms with E-state index in [0.717, 1.165) is 13.0 Å². The van der Waals surface area contributed by atoms with Gasteiger partial charge >= 0.3 is 0 Å². The second-order valence-electron chi connectivity index (χ2n) is 6.53. The third kappa shape index (κ3) is 3.21. The molecule has 1 heterocycles. The molecular formula is C14H26O3. The molecule has 0 radical (unpaired) electrons.